The Labute approximate surface area is 138 Å². The second-order valence-electron chi connectivity index (χ2n) is 7.00. The fourth-order valence-electron chi connectivity index (χ4n) is 3.18. The smallest absolute Gasteiger partial charge is 0.231 e. The van der Waals surface area contributed by atoms with E-state index in [2.05, 4.69) is 41.6 Å². The highest BCUT2D eigenvalue weighted by atomic mass is 16.7. The Kier molecular flexibility index (Phi) is 4.64. The van der Waals surface area contributed by atoms with Gasteiger partial charge in [0, 0.05) is 25.0 Å². The maximum absolute atomic E-state index is 5.49. The van der Waals surface area contributed by atoms with Crippen molar-refractivity contribution in [3.8, 4) is 11.5 Å². The van der Waals surface area contributed by atoms with Gasteiger partial charge in [-0.2, -0.15) is 0 Å². The predicted octanol–water partition coefficient (Wildman–Crippen LogP) is 2.80. The van der Waals surface area contributed by atoms with E-state index in [0.29, 0.717) is 12.8 Å². The highest BCUT2D eigenvalue weighted by Gasteiger charge is 2.25. The summed E-state index contributed by atoms with van der Waals surface area (Å²) >= 11 is 0. The number of benzene rings is 1. The molecule has 1 aliphatic heterocycles. The second kappa shape index (κ2) is 6.69. The Morgan fingerprint density at radius 3 is 2.70 bits per heavy atom. The Bertz CT molecular complexity index is 578. The lowest BCUT2D eigenvalue weighted by Crippen LogP contribution is -2.46. The lowest BCUT2D eigenvalue weighted by Gasteiger charge is -2.27. The third-order valence-electron chi connectivity index (χ3n) is 4.77. The van der Waals surface area contributed by atoms with Gasteiger partial charge in [-0.25, -0.2) is 0 Å². The van der Waals surface area contributed by atoms with Gasteiger partial charge in [-0.3, -0.25) is 4.99 Å². The Morgan fingerprint density at radius 2 is 1.96 bits per heavy atom. The fraction of sp³-hybridized carbons (Fsp3) is 0.611. The number of hydrogen-bond donors (Lipinski definition) is 2. The van der Waals surface area contributed by atoms with Crippen LogP contribution in [0.4, 0.5) is 0 Å². The van der Waals surface area contributed by atoms with Crippen LogP contribution in [0.5, 0.6) is 11.5 Å². The van der Waals surface area contributed by atoms with Gasteiger partial charge in [-0.15, -0.1) is 0 Å². The summed E-state index contributed by atoms with van der Waals surface area (Å²) in [6, 6.07) is 6.75. The number of guanidine groups is 1. The summed E-state index contributed by atoms with van der Waals surface area (Å²) in [6.45, 7) is 5.56. The molecule has 2 aliphatic rings. The van der Waals surface area contributed by atoms with Crippen LogP contribution in [0.2, 0.25) is 0 Å². The van der Waals surface area contributed by atoms with E-state index >= 15 is 0 Å². The van der Waals surface area contributed by atoms with E-state index < -0.39 is 0 Å². The largest absolute Gasteiger partial charge is 0.454 e. The molecule has 23 heavy (non-hydrogen) atoms. The zero-order valence-electron chi connectivity index (χ0n) is 14.3. The number of ether oxygens (including phenoxy) is 2. The molecule has 0 spiro atoms. The van der Waals surface area contributed by atoms with Crippen molar-refractivity contribution in [1.29, 1.82) is 0 Å². The van der Waals surface area contributed by atoms with Crippen LogP contribution in [0.25, 0.3) is 0 Å². The first-order valence-electron chi connectivity index (χ1n) is 8.46. The lowest BCUT2D eigenvalue weighted by atomic mass is 9.84. The third-order valence-corrected chi connectivity index (χ3v) is 4.77. The summed E-state index contributed by atoms with van der Waals surface area (Å²) in [5.74, 6) is 2.56. The van der Waals surface area contributed by atoms with Crippen molar-refractivity contribution in [3.05, 3.63) is 23.8 Å². The zero-order chi connectivity index (χ0) is 16.3. The maximum Gasteiger partial charge on any atom is 0.231 e. The first kappa shape index (κ1) is 16.0. The highest BCUT2D eigenvalue weighted by molar-refractivity contribution is 5.80. The molecular formula is C18H27N3O2. The molecular weight excluding hydrogens is 290 g/mol. The lowest BCUT2D eigenvalue weighted by molar-refractivity contribution is 0.174. The molecule has 1 aliphatic carbocycles. The van der Waals surface area contributed by atoms with Crippen molar-refractivity contribution < 1.29 is 9.47 Å². The summed E-state index contributed by atoms with van der Waals surface area (Å²) < 4.78 is 10.9. The van der Waals surface area contributed by atoms with Crippen LogP contribution in [0.15, 0.2) is 23.2 Å². The molecule has 1 aromatic carbocycles. The minimum atomic E-state index is -0.0335. The number of nitrogens with zero attached hydrogens (tertiary/aromatic N) is 1. The molecule has 0 unspecified atom stereocenters. The number of rotatable bonds is 4. The minimum absolute atomic E-state index is 0.0335. The SMILES string of the molecule is CN=C(NCC(C)(C)c1ccc2c(c1)OCO2)NC1CCCC1. The highest BCUT2D eigenvalue weighted by Crippen LogP contribution is 2.36. The topological polar surface area (TPSA) is 54.9 Å². The summed E-state index contributed by atoms with van der Waals surface area (Å²) in [6.07, 6.45) is 5.12. The van der Waals surface area contributed by atoms with Crippen molar-refractivity contribution in [1.82, 2.24) is 10.6 Å². The first-order valence-corrected chi connectivity index (χ1v) is 8.46. The molecule has 0 aromatic heterocycles. The van der Waals surface area contributed by atoms with Crippen LogP contribution in [0.3, 0.4) is 0 Å². The third kappa shape index (κ3) is 3.71. The van der Waals surface area contributed by atoms with Gasteiger partial charge < -0.3 is 20.1 Å². The van der Waals surface area contributed by atoms with Crippen LogP contribution >= 0.6 is 0 Å². The van der Waals surface area contributed by atoms with Gasteiger partial charge in [-0.1, -0.05) is 32.8 Å². The van der Waals surface area contributed by atoms with Gasteiger partial charge in [0.25, 0.3) is 0 Å². The van der Waals surface area contributed by atoms with Crippen LogP contribution in [0, 0.1) is 0 Å². The number of nitrogens with one attached hydrogen (secondary N) is 2. The molecule has 5 heteroatoms. The van der Waals surface area contributed by atoms with E-state index in [1.165, 1.54) is 31.2 Å². The van der Waals surface area contributed by atoms with Gasteiger partial charge in [0.15, 0.2) is 17.5 Å². The van der Waals surface area contributed by atoms with Crippen LogP contribution in [0.1, 0.15) is 45.1 Å². The predicted molar refractivity (Wildman–Crippen MR) is 92.3 cm³/mol. The van der Waals surface area contributed by atoms with Crippen LogP contribution in [-0.2, 0) is 5.41 Å². The number of fused-ring (bicyclic) bond motifs is 1. The summed E-state index contributed by atoms with van der Waals surface area (Å²) in [5.41, 5.74) is 1.19. The minimum Gasteiger partial charge on any atom is -0.454 e. The normalized spacial score (nSPS) is 18.3. The Morgan fingerprint density at radius 1 is 1.22 bits per heavy atom. The summed E-state index contributed by atoms with van der Waals surface area (Å²) in [5, 5.41) is 7.00. The van der Waals surface area contributed by atoms with Crippen molar-refractivity contribution >= 4 is 5.96 Å². The molecule has 0 radical (unpaired) electrons. The van der Waals surface area contributed by atoms with Crippen molar-refractivity contribution in [2.75, 3.05) is 20.4 Å². The number of aliphatic imine (C=N–C) groups is 1. The molecule has 1 saturated carbocycles. The van der Waals surface area contributed by atoms with Crippen molar-refractivity contribution in [3.63, 3.8) is 0 Å². The molecule has 0 amide bonds. The molecule has 0 bridgehead atoms. The second-order valence-corrected chi connectivity index (χ2v) is 7.00. The van der Waals surface area contributed by atoms with Crippen LogP contribution < -0.4 is 20.1 Å². The van der Waals surface area contributed by atoms with Gasteiger partial charge in [-0.05, 0) is 30.5 Å². The van der Waals surface area contributed by atoms with E-state index in [1.54, 1.807) is 0 Å². The summed E-state index contributed by atoms with van der Waals surface area (Å²) in [4.78, 5) is 4.36. The van der Waals surface area contributed by atoms with E-state index in [-0.39, 0.29) is 5.41 Å². The Balaban J connectivity index is 1.61. The van der Waals surface area contributed by atoms with Gasteiger partial charge in [0.05, 0.1) is 0 Å². The van der Waals surface area contributed by atoms with E-state index in [0.717, 1.165) is 24.0 Å². The molecule has 0 atom stereocenters. The molecule has 0 saturated heterocycles. The molecule has 5 nitrogen and oxygen atoms in total. The average molecular weight is 317 g/mol. The van der Waals surface area contributed by atoms with Crippen molar-refractivity contribution in [2.45, 2.75) is 51.0 Å². The fourth-order valence-corrected chi connectivity index (χ4v) is 3.18. The first-order chi connectivity index (χ1) is 11.1. The zero-order valence-corrected chi connectivity index (χ0v) is 14.3. The molecule has 1 fully saturated rings. The molecule has 2 N–H and O–H groups in total. The average Bonchev–Trinajstić information content (AvgIpc) is 3.21. The van der Waals surface area contributed by atoms with Gasteiger partial charge in [0.2, 0.25) is 6.79 Å². The molecule has 1 heterocycles. The van der Waals surface area contributed by atoms with Crippen LogP contribution in [-0.4, -0.2) is 32.4 Å². The molecule has 3 rings (SSSR count). The van der Waals surface area contributed by atoms with E-state index in [9.17, 15) is 0 Å². The Hall–Kier alpha value is -1.91. The number of hydrogen-bond acceptors (Lipinski definition) is 3. The quantitative estimate of drug-likeness (QED) is 0.662. The molecule has 1 aromatic rings. The van der Waals surface area contributed by atoms with E-state index in [1.807, 2.05) is 13.1 Å². The van der Waals surface area contributed by atoms with E-state index in [4.69, 9.17) is 9.47 Å². The van der Waals surface area contributed by atoms with Gasteiger partial charge >= 0.3 is 0 Å². The summed E-state index contributed by atoms with van der Waals surface area (Å²) in [7, 11) is 1.83. The monoisotopic (exact) mass is 317 g/mol. The van der Waals surface area contributed by atoms with Crippen molar-refractivity contribution in [2.24, 2.45) is 4.99 Å². The standard InChI is InChI=1S/C18H27N3O2/c1-18(2,13-8-9-15-16(10-13)23-12-22-15)11-20-17(19-3)21-14-6-4-5-7-14/h8-10,14H,4-7,11-12H2,1-3H3,(H2,19,20,21). The maximum atomic E-state index is 5.49. The van der Waals surface area contributed by atoms with Gasteiger partial charge in [0.1, 0.15) is 0 Å². The molecule has 126 valence electrons.